The normalized spacial score (nSPS) is 12.6. The van der Waals surface area contributed by atoms with Gasteiger partial charge in [-0.25, -0.2) is 9.78 Å². The molecule has 2 aromatic rings. The summed E-state index contributed by atoms with van der Waals surface area (Å²) in [7, 11) is 3.05. The van der Waals surface area contributed by atoms with Crippen LogP contribution in [0.2, 0.25) is 0 Å². The molecule has 0 aliphatic heterocycles. The van der Waals surface area contributed by atoms with Crippen molar-refractivity contribution in [3.05, 3.63) is 41.0 Å². The fourth-order valence-electron chi connectivity index (χ4n) is 2.98. The maximum Gasteiger partial charge on any atom is 0.328 e. The number of hydrogen-bond acceptors (Lipinski definition) is 9. The molecule has 0 spiro atoms. The number of esters is 1. The van der Waals surface area contributed by atoms with Crippen LogP contribution in [0, 0.1) is 0 Å². The summed E-state index contributed by atoms with van der Waals surface area (Å²) in [6.45, 7) is 0.204. The van der Waals surface area contributed by atoms with Crippen molar-refractivity contribution in [2.24, 2.45) is 0 Å². The maximum absolute atomic E-state index is 13.1. The summed E-state index contributed by atoms with van der Waals surface area (Å²) in [4.78, 5) is 42.9. The molecule has 0 aliphatic carbocycles. The van der Waals surface area contributed by atoms with Gasteiger partial charge in [0.05, 0.1) is 24.6 Å². The molecule has 0 radical (unpaired) electrons. The van der Waals surface area contributed by atoms with Gasteiger partial charge in [0, 0.05) is 5.75 Å². The van der Waals surface area contributed by atoms with Crippen LogP contribution in [0.5, 0.6) is 0 Å². The molecule has 2 rings (SSSR count). The first-order valence-electron chi connectivity index (χ1n) is 10.3. The summed E-state index contributed by atoms with van der Waals surface area (Å²) in [5, 5.41) is 9.25. The highest BCUT2D eigenvalue weighted by Gasteiger charge is 2.26. The first-order valence-corrected chi connectivity index (χ1v) is 13.9. The smallest absolute Gasteiger partial charge is 0.328 e. The Bertz CT molecular complexity index is 924. The Kier molecular flexibility index (Phi) is 11.7. The Morgan fingerprint density at radius 3 is 2.45 bits per heavy atom. The van der Waals surface area contributed by atoms with E-state index >= 15 is 0 Å². The fraction of sp³-hybridized carbons (Fsp3) is 0.455. The van der Waals surface area contributed by atoms with E-state index in [1.54, 1.807) is 30.6 Å². The Hall–Kier alpha value is -2.08. The quantitative estimate of drug-likeness (QED) is 0.353. The zero-order valence-electron chi connectivity index (χ0n) is 19.2. The third kappa shape index (κ3) is 8.02. The van der Waals surface area contributed by atoms with Gasteiger partial charge in [-0.15, -0.1) is 11.3 Å². The Morgan fingerprint density at radius 1 is 1.12 bits per heavy atom. The van der Waals surface area contributed by atoms with Gasteiger partial charge in [-0.3, -0.25) is 9.59 Å². The molecule has 2 unspecified atom stereocenters. The molecule has 1 aromatic carbocycles. The van der Waals surface area contributed by atoms with E-state index in [2.05, 4.69) is 20.9 Å². The summed E-state index contributed by atoms with van der Waals surface area (Å²) >= 11 is 4.50. The molecule has 0 saturated heterocycles. The molecular formula is C22H30N4O4S3. The number of likely N-dealkylation sites (N-methyl/N-ethyl adjacent to an activating group) is 1. The zero-order chi connectivity index (χ0) is 24.2. The van der Waals surface area contributed by atoms with E-state index in [0.29, 0.717) is 27.8 Å². The van der Waals surface area contributed by atoms with E-state index in [9.17, 15) is 14.4 Å². The molecule has 33 heavy (non-hydrogen) atoms. The molecule has 0 bridgehead atoms. The minimum Gasteiger partial charge on any atom is -0.467 e. The minimum absolute atomic E-state index is 0.128. The van der Waals surface area contributed by atoms with Crippen molar-refractivity contribution in [3.63, 3.8) is 0 Å². The molecule has 1 heterocycles. The van der Waals surface area contributed by atoms with E-state index < -0.39 is 17.9 Å². The highest BCUT2D eigenvalue weighted by atomic mass is 32.2. The average molecular weight is 511 g/mol. The molecule has 8 nitrogen and oxygen atoms in total. The lowest BCUT2D eigenvalue weighted by Crippen LogP contribution is -2.44. The number of benzene rings is 1. The van der Waals surface area contributed by atoms with Crippen LogP contribution in [0.1, 0.15) is 21.9 Å². The number of amides is 2. The SMILES string of the molecule is CNC(CSC)C(=O)NCc1nc(C(=O)NC(CCSC)C(=O)OC)c(-c2ccccc2)s1. The summed E-state index contributed by atoms with van der Waals surface area (Å²) in [5.74, 6) is 0.275. The van der Waals surface area contributed by atoms with Crippen LogP contribution >= 0.6 is 34.9 Å². The minimum atomic E-state index is -0.758. The van der Waals surface area contributed by atoms with Crippen molar-refractivity contribution in [2.45, 2.75) is 25.0 Å². The Morgan fingerprint density at radius 2 is 1.85 bits per heavy atom. The second-order valence-corrected chi connectivity index (χ2v) is 9.98. The first-order chi connectivity index (χ1) is 15.9. The lowest BCUT2D eigenvalue weighted by atomic mass is 10.1. The summed E-state index contributed by atoms with van der Waals surface area (Å²) < 4.78 is 4.85. The van der Waals surface area contributed by atoms with Gasteiger partial charge in [0.2, 0.25) is 5.91 Å². The largest absolute Gasteiger partial charge is 0.467 e. The van der Waals surface area contributed by atoms with Gasteiger partial charge < -0.3 is 20.7 Å². The van der Waals surface area contributed by atoms with Crippen LogP contribution in [-0.2, 0) is 20.9 Å². The summed E-state index contributed by atoms with van der Waals surface area (Å²) in [6, 6.07) is 8.38. The number of aromatic nitrogens is 1. The van der Waals surface area contributed by atoms with Gasteiger partial charge in [0.15, 0.2) is 0 Å². The van der Waals surface area contributed by atoms with Gasteiger partial charge in [-0.1, -0.05) is 30.3 Å². The monoisotopic (exact) mass is 510 g/mol. The lowest BCUT2D eigenvalue weighted by Gasteiger charge is -2.15. The van der Waals surface area contributed by atoms with Gasteiger partial charge >= 0.3 is 5.97 Å². The van der Waals surface area contributed by atoms with Crippen molar-refractivity contribution in [1.82, 2.24) is 20.9 Å². The number of nitrogens with one attached hydrogen (secondary N) is 3. The fourth-order valence-corrected chi connectivity index (χ4v) is 5.10. The van der Waals surface area contributed by atoms with Crippen molar-refractivity contribution < 1.29 is 19.1 Å². The van der Waals surface area contributed by atoms with Gasteiger partial charge in [-0.05, 0) is 37.3 Å². The number of nitrogens with zero attached hydrogens (tertiary/aromatic N) is 1. The molecule has 11 heteroatoms. The highest BCUT2D eigenvalue weighted by Crippen LogP contribution is 2.30. The second kappa shape index (κ2) is 14.2. The van der Waals surface area contributed by atoms with Gasteiger partial charge in [0.25, 0.3) is 5.91 Å². The van der Waals surface area contributed by atoms with Crippen molar-refractivity contribution in [2.75, 3.05) is 38.2 Å². The molecule has 2 atom stereocenters. The number of methoxy groups -OCH3 is 1. The van der Waals surface area contributed by atoms with E-state index in [4.69, 9.17) is 4.74 Å². The number of thiazole rings is 1. The lowest BCUT2D eigenvalue weighted by molar-refractivity contribution is -0.142. The predicted molar refractivity (Wildman–Crippen MR) is 137 cm³/mol. The van der Waals surface area contributed by atoms with Gasteiger partial charge in [-0.2, -0.15) is 23.5 Å². The van der Waals surface area contributed by atoms with Gasteiger partial charge in [0.1, 0.15) is 16.7 Å². The zero-order valence-corrected chi connectivity index (χ0v) is 21.6. The van der Waals surface area contributed by atoms with E-state index in [-0.39, 0.29) is 24.2 Å². The number of hydrogen-bond donors (Lipinski definition) is 3. The second-order valence-electron chi connectivity index (χ2n) is 7.00. The average Bonchev–Trinajstić information content (AvgIpc) is 3.28. The van der Waals surface area contributed by atoms with Crippen LogP contribution in [-0.4, -0.2) is 73.0 Å². The number of carbonyl (C=O) groups is 3. The summed E-state index contributed by atoms with van der Waals surface area (Å²) in [5.41, 5.74) is 1.06. The van der Waals surface area contributed by atoms with Crippen LogP contribution in [0.3, 0.4) is 0 Å². The maximum atomic E-state index is 13.1. The standard InChI is InChI=1S/C22H30N4O4S3/c1-23-16(13-32-4)20(27)24-12-17-26-18(19(33-17)14-8-6-5-7-9-14)21(28)25-15(10-11-31-3)22(29)30-2/h5-9,15-16,23H,10-13H2,1-4H3,(H,24,27)(H,25,28). The number of ether oxygens (including phenoxy) is 1. The van der Waals surface area contributed by atoms with Crippen LogP contribution in [0.25, 0.3) is 10.4 Å². The molecule has 0 saturated carbocycles. The molecule has 180 valence electrons. The van der Waals surface area contributed by atoms with E-state index in [1.807, 2.05) is 42.8 Å². The molecule has 0 aliphatic rings. The van der Waals surface area contributed by atoms with Crippen molar-refractivity contribution >= 4 is 52.6 Å². The number of thioether (sulfide) groups is 2. The van der Waals surface area contributed by atoms with E-state index in [1.165, 1.54) is 18.4 Å². The van der Waals surface area contributed by atoms with E-state index in [0.717, 1.165) is 5.56 Å². The molecule has 1 aromatic heterocycles. The third-order valence-corrected chi connectivity index (χ3v) is 7.15. The highest BCUT2D eigenvalue weighted by molar-refractivity contribution is 7.98. The molecule has 3 N–H and O–H groups in total. The molecule has 0 fully saturated rings. The van der Waals surface area contributed by atoms with Crippen LogP contribution in [0.15, 0.2) is 30.3 Å². The topological polar surface area (TPSA) is 109 Å². The van der Waals surface area contributed by atoms with Crippen LogP contribution in [0.4, 0.5) is 0 Å². The first kappa shape index (κ1) is 27.2. The Balaban J connectivity index is 2.26. The molecular weight excluding hydrogens is 480 g/mol. The van der Waals surface area contributed by atoms with Crippen molar-refractivity contribution in [3.8, 4) is 10.4 Å². The number of carbonyl (C=O) groups excluding carboxylic acids is 3. The van der Waals surface area contributed by atoms with Crippen molar-refractivity contribution in [1.29, 1.82) is 0 Å². The third-order valence-electron chi connectivity index (χ3n) is 4.74. The predicted octanol–water partition coefficient (Wildman–Crippen LogP) is 2.40. The van der Waals surface area contributed by atoms with Crippen LogP contribution < -0.4 is 16.0 Å². The summed E-state index contributed by atoms with van der Waals surface area (Å²) in [6.07, 6.45) is 4.33. The number of rotatable bonds is 13. The Labute approximate surface area is 207 Å². The molecule has 2 amide bonds.